The molecule has 4 rings (SSSR count). The molecule has 1 unspecified atom stereocenters. The summed E-state index contributed by atoms with van der Waals surface area (Å²) >= 11 is 4.82. The van der Waals surface area contributed by atoms with Crippen LogP contribution in [0, 0.1) is 17.7 Å². The van der Waals surface area contributed by atoms with Gasteiger partial charge in [0, 0.05) is 21.7 Å². The number of carbonyl (C=O) groups is 2. The van der Waals surface area contributed by atoms with Crippen molar-refractivity contribution < 1.29 is 23.8 Å². The summed E-state index contributed by atoms with van der Waals surface area (Å²) in [6.07, 6.45) is 3.94. The number of ether oxygens (including phenoxy) is 1. The topological polar surface area (TPSA) is 101 Å². The van der Waals surface area contributed by atoms with E-state index in [0.717, 1.165) is 0 Å². The van der Waals surface area contributed by atoms with Gasteiger partial charge in [0.1, 0.15) is 11.9 Å². The number of hydrogen-bond donors (Lipinski definition) is 2. The first-order valence-electron chi connectivity index (χ1n) is 10.1. The SMILES string of the molecule is COC(=O)C1=C(C2CCC(C(=O)O)CC2)NC(c2nccs2)=NC1c1ccc(F)cc1Br. The maximum absolute atomic E-state index is 13.8. The van der Waals surface area contributed by atoms with Crippen molar-refractivity contribution in [2.75, 3.05) is 7.11 Å². The highest BCUT2D eigenvalue weighted by Gasteiger charge is 2.38. The molecular formula is C22H21BrFN3O4S. The predicted molar refractivity (Wildman–Crippen MR) is 121 cm³/mol. The maximum Gasteiger partial charge on any atom is 0.338 e. The van der Waals surface area contributed by atoms with E-state index in [9.17, 15) is 19.1 Å². The van der Waals surface area contributed by atoms with E-state index in [0.29, 0.717) is 57.8 Å². The smallest absolute Gasteiger partial charge is 0.338 e. The Bertz CT molecular complexity index is 1090. The number of benzene rings is 1. The second kappa shape index (κ2) is 9.50. The molecule has 0 amide bonds. The van der Waals surface area contributed by atoms with Gasteiger partial charge in [0.05, 0.1) is 18.6 Å². The Morgan fingerprint density at radius 1 is 1.28 bits per heavy atom. The average Bonchev–Trinajstić information content (AvgIpc) is 3.33. The third-order valence-electron chi connectivity index (χ3n) is 5.86. The molecule has 2 N–H and O–H groups in total. The minimum absolute atomic E-state index is 0.0631. The van der Waals surface area contributed by atoms with Gasteiger partial charge in [-0.25, -0.2) is 14.2 Å². The number of esters is 1. The predicted octanol–water partition coefficient (Wildman–Crippen LogP) is 4.45. The first-order chi connectivity index (χ1) is 15.4. The lowest BCUT2D eigenvalue weighted by atomic mass is 9.78. The number of nitrogens with zero attached hydrogens (tertiary/aromatic N) is 2. The van der Waals surface area contributed by atoms with Crippen molar-refractivity contribution in [3.63, 3.8) is 0 Å². The number of hydrogen-bond acceptors (Lipinski definition) is 7. The molecule has 10 heteroatoms. The van der Waals surface area contributed by atoms with Crippen LogP contribution in [0.4, 0.5) is 4.39 Å². The summed E-state index contributed by atoms with van der Waals surface area (Å²) in [6.45, 7) is 0. The Kier molecular flexibility index (Phi) is 6.71. The summed E-state index contributed by atoms with van der Waals surface area (Å²) in [6, 6.07) is 3.53. The molecule has 0 spiro atoms. The number of halogens is 2. The van der Waals surface area contributed by atoms with Gasteiger partial charge in [-0.1, -0.05) is 22.0 Å². The van der Waals surface area contributed by atoms with E-state index in [-0.39, 0.29) is 11.8 Å². The number of amidine groups is 1. The van der Waals surface area contributed by atoms with E-state index in [1.54, 1.807) is 12.3 Å². The van der Waals surface area contributed by atoms with Crippen LogP contribution in [0.5, 0.6) is 0 Å². The summed E-state index contributed by atoms with van der Waals surface area (Å²) in [5, 5.41) is 15.2. The Balaban J connectivity index is 1.82. The molecule has 168 valence electrons. The maximum atomic E-state index is 13.8. The molecule has 0 radical (unpaired) electrons. The lowest BCUT2D eigenvalue weighted by Crippen LogP contribution is -2.38. The molecule has 0 saturated heterocycles. The molecule has 2 aliphatic rings. The summed E-state index contributed by atoms with van der Waals surface area (Å²) in [7, 11) is 1.31. The van der Waals surface area contributed by atoms with Crippen molar-refractivity contribution in [2.24, 2.45) is 16.8 Å². The molecule has 32 heavy (non-hydrogen) atoms. The van der Waals surface area contributed by atoms with E-state index in [4.69, 9.17) is 9.73 Å². The first-order valence-corrected chi connectivity index (χ1v) is 11.8. The minimum Gasteiger partial charge on any atom is -0.481 e. The molecule has 1 saturated carbocycles. The lowest BCUT2D eigenvalue weighted by Gasteiger charge is -2.34. The molecule has 1 aliphatic carbocycles. The molecule has 2 heterocycles. The Hall–Kier alpha value is -2.59. The summed E-state index contributed by atoms with van der Waals surface area (Å²) in [4.78, 5) is 33.5. The third kappa shape index (κ3) is 4.47. The second-order valence-electron chi connectivity index (χ2n) is 7.71. The number of aliphatic imine (C=N–C) groups is 1. The molecular weight excluding hydrogens is 501 g/mol. The van der Waals surface area contributed by atoms with Gasteiger partial charge in [-0.05, 0) is 49.3 Å². The van der Waals surface area contributed by atoms with Gasteiger partial charge in [0.2, 0.25) is 0 Å². The number of nitrogens with one attached hydrogen (secondary N) is 1. The molecule has 1 atom stereocenters. The summed E-state index contributed by atoms with van der Waals surface area (Å²) < 4.78 is 19.4. The second-order valence-corrected chi connectivity index (χ2v) is 9.46. The molecule has 1 fully saturated rings. The van der Waals surface area contributed by atoms with E-state index in [2.05, 4.69) is 26.2 Å². The van der Waals surface area contributed by atoms with E-state index in [1.165, 1.54) is 30.6 Å². The van der Waals surface area contributed by atoms with Crippen LogP contribution >= 0.6 is 27.3 Å². The lowest BCUT2D eigenvalue weighted by molar-refractivity contribution is -0.143. The van der Waals surface area contributed by atoms with Gasteiger partial charge in [-0.2, -0.15) is 0 Å². The first kappa shape index (κ1) is 22.6. The zero-order valence-electron chi connectivity index (χ0n) is 17.2. The largest absolute Gasteiger partial charge is 0.481 e. The van der Waals surface area contributed by atoms with E-state index >= 15 is 0 Å². The van der Waals surface area contributed by atoms with Crippen molar-refractivity contribution in [1.82, 2.24) is 10.3 Å². The average molecular weight is 522 g/mol. The molecule has 2 aromatic rings. The number of aliphatic carboxylic acids is 1. The standard InChI is InChI=1S/C22H21BrFN3O4S/c1-31-22(30)16-17(11-2-4-12(5-3-11)21(28)29)26-19(20-25-8-9-32-20)27-18(16)14-7-6-13(24)10-15(14)23/h6-12,18H,2-5H2,1H3,(H,26,27)(H,28,29). The summed E-state index contributed by atoms with van der Waals surface area (Å²) in [5.41, 5.74) is 1.64. The number of carboxylic acids is 1. The van der Waals surface area contributed by atoms with E-state index in [1.807, 2.05) is 5.38 Å². The number of carbonyl (C=O) groups excluding carboxylic acids is 1. The van der Waals surface area contributed by atoms with Crippen molar-refractivity contribution in [1.29, 1.82) is 0 Å². The van der Waals surface area contributed by atoms with Crippen LogP contribution in [0.3, 0.4) is 0 Å². The van der Waals surface area contributed by atoms with Gasteiger partial charge < -0.3 is 15.2 Å². The van der Waals surface area contributed by atoms with Crippen LogP contribution in [-0.4, -0.2) is 35.0 Å². The highest BCUT2D eigenvalue weighted by molar-refractivity contribution is 9.10. The quantitative estimate of drug-likeness (QED) is 0.563. The van der Waals surface area contributed by atoms with Gasteiger partial charge in [-0.15, -0.1) is 11.3 Å². The molecule has 1 aliphatic heterocycles. The number of thiazole rings is 1. The fraction of sp³-hybridized carbons (Fsp3) is 0.364. The van der Waals surface area contributed by atoms with Crippen molar-refractivity contribution >= 4 is 45.0 Å². The summed E-state index contributed by atoms with van der Waals surface area (Å²) in [5.74, 6) is -1.66. The molecule has 0 bridgehead atoms. The van der Waals surface area contributed by atoms with Gasteiger partial charge in [0.15, 0.2) is 10.8 Å². The fourth-order valence-corrected chi connectivity index (χ4v) is 5.40. The van der Waals surface area contributed by atoms with Crippen molar-refractivity contribution in [2.45, 2.75) is 31.7 Å². The number of methoxy groups -OCH3 is 1. The van der Waals surface area contributed by atoms with Crippen LogP contribution in [-0.2, 0) is 14.3 Å². The van der Waals surface area contributed by atoms with Gasteiger partial charge in [0.25, 0.3) is 0 Å². The van der Waals surface area contributed by atoms with Crippen LogP contribution in [0.15, 0.2) is 50.5 Å². The monoisotopic (exact) mass is 521 g/mol. The third-order valence-corrected chi connectivity index (χ3v) is 7.32. The minimum atomic E-state index is -0.791. The Labute approximate surface area is 196 Å². The van der Waals surface area contributed by atoms with Crippen LogP contribution < -0.4 is 5.32 Å². The van der Waals surface area contributed by atoms with Crippen LogP contribution in [0.2, 0.25) is 0 Å². The highest BCUT2D eigenvalue weighted by Crippen LogP contribution is 2.42. The van der Waals surface area contributed by atoms with Gasteiger partial charge in [-0.3, -0.25) is 9.79 Å². The van der Waals surface area contributed by atoms with Crippen molar-refractivity contribution in [3.8, 4) is 0 Å². The molecule has 7 nitrogen and oxygen atoms in total. The fourth-order valence-electron chi connectivity index (χ4n) is 4.25. The number of carboxylic acid groups (broad SMARTS) is 1. The highest BCUT2D eigenvalue weighted by atomic mass is 79.9. The zero-order chi connectivity index (χ0) is 22.8. The number of aromatic nitrogens is 1. The number of allylic oxidation sites excluding steroid dienone is 1. The van der Waals surface area contributed by atoms with E-state index < -0.39 is 23.8 Å². The Morgan fingerprint density at radius 2 is 2.03 bits per heavy atom. The molecule has 1 aromatic heterocycles. The Morgan fingerprint density at radius 3 is 2.62 bits per heavy atom. The zero-order valence-corrected chi connectivity index (χ0v) is 19.6. The normalized spacial score (nSPS) is 23.3. The van der Waals surface area contributed by atoms with Crippen LogP contribution in [0.1, 0.15) is 42.3 Å². The van der Waals surface area contributed by atoms with Gasteiger partial charge >= 0.3 is 11.9 Å². The van der Waals surface area contributed by atoms with Crippen molar-refractivity contribution in [3.05, 3.63) is 61.9 Å². The number of rotatable bonds is 5. The molecule has 1 aromatic carbocycles. The van der Waals surface area contributed by atoms with Crippen LogP contribution in [0.25, 0.3) is 0 Å².